The molecular weight excluding hydrogens is 559 g/mol. The number of carboxylic acids is 1. The molecule has 0 saturated carbocycles. The molecule has 1 fully saturated rings. The molecule has 13 heteroatoms. The van der Waals surface area contributed by atoms with E-state index in [0.717, 1.165) is 0 Å². The van der Waals surface area contributed by atoms with Crippen LogP contribution in [0.25, 0.3) is 10.9 Å². The molecule has 1 aromatic heterocycles. The number of nitrogens with zero attached hydrogens (tertiary/aromatic N) is 3. The van der Waals surface area contributed by atoms with E-state index in [2.05, 4.69) is 10.3 Å². The van der Waals surface area contributed by atoms with E-state index in [1.54, 1.807) is 54.3 Å². The zero-order chi connectivity index (χ0) is 24.9. The molecule has 1 aliphatic heterocycles. The van der Waals surface area contributed by atoms with Crippen molar-refractivity contribution in [1.82, 2.24) is 9.88 Å². The minimum Gasteiger partial charge on any atom is -0.496 e. The number of anilines is 2. The van der Waals surface area contributed by atoms with Crippen LogP contribution in [0.15, 0.2) is 48.5 Å². The van der Waals surface area contributed by atoms with E-state index < -0.39 is 5.97 Å². The number of rotatable bonds is 6. The SMILES string of the molecule is CCOC(=O)N1CCN(c2cc(C(=O)O)c3cc(NC(=O)c4ccccc4OC)ccc3n2)CC1.Cl.Cl.Cl. The third-order valence-corrected chi connectivity index (χ3v) is 5.76. The van der Waals surface area contributed by atoms with Crippen molar-refractivity contribution in [2.45, 2.75) is 6.92 Å². The number of ether oxygens (including phenoxy) is 2. The zero-order valence-corrected chi connectivity index (χ0v) is 23.2. The lowest BCUT2D eigenvalue weighted by Crippen LogP contribution is -2.49. The minimum absolute atomic E-state index is 0. The highest BCUT2D eigenvalue weighted by atomic mass is 35.5. The molecule has 2 N–H and O–H groups in total. The highest BCUT2D eigenvalue weighted by Gasteiger charge is 2.24. The van der Waals surface area contributed by atoms with Crippen LogP contribution in [0.2, 0.25) is 0 Å². The maximum Gasteiger partial charge on any atom is 0.409 e. The van der Waals surface area contributed by atoms with Gasteiger partial charge in [-0.1, -0.05) is 12.1 Å². The Balaban J connectivity index is 0.00000241. The van der Waals surface area contributed by atoms with Crippen LogP contribution in [0.4, 0.5) is 16.3 Å². The number of fused-ring (bicyclic) bond motifs is 1. The summed E-state index contributed by atoms with van der Waals surface area (Å²) in [6.07, 6.45) is -0.354. The number of piperazine rings is 1. The average molecular weight is 588 g/mol. The Morgan fingerprint density at radius 2 is 1.66 bits per heavy atom. The zero-order valence-electron chi connectivity index (χ0n) is 20.7. The van der Waals surface area contributed by atoms with Crippen molar-refractivity contribution < 1.29 is 29.0 Å². The number of halogens is 3. The number of amides is 2. The van der Waals surface area contributed by atoms with Gasteiger partial charge in [0.2, 0.25) is 0 Å². The lowest BCUT2D eigenvalue weighted by Gasteiger charge is -2.35. The molecule has 0 radical (unpaired) electrons. The first-order valence-corrected chi connectivity index (χ1v) is 11.2. The van der Waals surface area contributed by atoms with Crippen LogP contribution < -0.4 is 15.0 Å². The molecule has 1 aliphatic rings. The van der Waals surface area contributed by atoms with Crippen molar-refractivity contribution in [3.05, 3.63) is 59.7 Å². The molecule has 3 aromatic rings. The average Bonchev–Trinajstić information content (AvgIpc) is 2.88. The fourth-order valence-corrected chi connectivity index (χ4v) is 3.99. The summed E-state index contributed by atoms with van der Waals surface area (Å²) in [5.74, 6) is -0.518. The van der Waals surface area contributed by atoms with Crippen LogP contribution in [0.3, 0.4) is 0 Å². The van der Waals surface area contributed by atoms with E-state index in [0.29, 0.717) is 66.5 Å². The van der Waals surface area contributed by atoms with Crippen LogP contribution in [-0.4, -0.2) is 72.9 Å². The van der Waals surface area contributed by atoms with Gasteiger partial charge in [0.15, 0.2) is 0 Å². The van der Waals surface area contributed by atoms with E-state index >= 15 is 0 Å². The van der Waals surface area contributed by atoms with Gasteiger partial charge >= 0.3 is 12.1 Å². The van der Waals surface area contributed by atoms with Crippen LogP contribution in [0.1, 0.15) is 27.6 Å². The van der Waals surface area contributed by atoms with Crippen LogP contribution >= 0.6 is 37.2 Å². The van der Waals surface area contributed by atoms with Gasteiger partial charge in [-0.25, -0.2) is 14.6 Å². The van der Waals surface area contributed by atoms with Crippen LogP contribution in [-0.2, 0) is 4.74 Å². The van der Waals surface area contributed by atoms with E-state index in [4.69, 9.17) is 9.47 Å². The quantitative estimate of drug-likeness (QED) is 0.424. The highest BCUT2D eigenvalue weighted by molar-refractivity contribution is 6.09. The van der Waals surface area contributed by atoms with Crippen molar-refractivity contribution in [2.24, 2.45) is 0 Å². The fraction of sp³-hybridized carbons (Fsp3) is 0.280. The number of aromatic nitrogens is 1. The number of nitrogens with one attached hydrogen (secondary N) is 1. The lowest BCUT2D eigenvalue weighted by molar-refractivity contribution is 0.0698. The molecule has 4 rings (SSSR count). The number of aromatic carboxylic acids is 1. The van der Waals surface area contributed by atoms with Crippen molar-refractivity contribution >= 4 is 77.6 Å². The molecular formula is C25H29Cl3N4O6. The van der Waals surface area contributed by atoms with Gasteiger partial charge in [0.05, 0.1) is 30.4 Å². The predicted octanol–water partition coefficient (Wildman–Crippen LogP) is 4.74. The second-order valence-corrected chi connectivity index (χ2v) is 7.89. The second kappa shape index (κ2) is 14.5. The van der Waals surface area contributed by atoms with Gasteiger partial charge in [-0.2, -0.15) is 0 Å². The molecule has 0 atom stereocenters. The lowest BCUT2D eigenvalue weighted by atomic mass is 10.1. The Morgan fingerprint density at radius 1 is 0.974 bits per heavy atom. The van der Waals surface area contributed by atoms with Gasteiger partial charge < -0.3 is 29.7 Å². The summed E-state index contributed by atoms with van der Waals surface area (Å²) in [4.78, 5) is 45.0. The maximum absolute atomic E-state index is 12.8. The molecule has 10 nitrogen and oxygen atoms in total. The summed E-state index contributed by atoms with van der Waals surface area (Å²) in [5.41, 5.74) is 1.37. The summed E-state index contributed by atoms with van der Waals surface area (Å²) < 4.78 is 10.3. The summed E-state index contributed by atoms with van der Waals surface area (Å²) in [7, 11) is 1.49. The molecule has 2 heterocycles. The highest BCUT2D eigenvalue weighted by Crippen LogP contribution is 2.27. The number of pyridine rings is 1. The van der Waals surface area contributed by atoms with E-state index in [9.17, 15) is 19.5 Å². The molecule has 2 amide bonds. The largest absolute Gasteiger partial charge is 0.496 e. The van der Waals surface area contributed by atoms with E-state index in [1.165, 1.54) is 13.2 Å². The first kappa shape index (κ1) is 32.6. The fourth-order valence-electron chi connectivity index (χ4n) is 3.99. The summed E-state index contributed by atoms with van der Waals surface area (Å²) in [5, 5.41) is 13.1. The van der Waals surface area contributed by atoms with Crippen molar-refractivity contribution in [3.63, 3.8) is 0 Å². The number of para-hydroxylation sites is 1. The van der Waals surface area contributed by atoms with Gasteiger partial charge in [-0.3, -0.25) is 4.79 Å². The molecule has 206 valence electrons. The number of methoxy groups -OCH3 is 1. The summed E-state index contributed by atoms with van der Waals surface area (Å²) in [6, 6.07) is 13.3. The first-order chi connectivity index (χ1) is 16.9. The van der Waals surface area contributed by atoms with Gasteiger partial charge in [0, 0.05) is 37.3 Å². The third kappa shape index (κ3) is 7.09. The third-order valence-electron chi connectivity index (χ3n) is 5.76. The number of carboxylic acid groups (broad SMARTS) is 1. The van der Waals surface area contributed by atoms with Crippen LogP contribution in [0, 0.1) is 0 Å². The number of benzene rings is 2. The van der Waals surface area contributed by atoms with Crippen molar-refractivity contribution in [3.8, 4) is 5.75 Å². The number of hydrogen-bond donors (Lipinski definition) is 2. The van der Waals surface area contributed by atoms with Gasteiger partial charge in [-0.15, -0.1) is 37.2 Å². The Morgan fingerprint density at radius 3 is 2.29 bits per heavy atom. The molecule has 0 bridgehead atoms. The van der Waals surface area contributed by atoms with Gasteiger partial charge in [0.1, 0.15) is 11.6 Å². The Kier molecular flexibility index (Phi) is 12.4. The summed E-state index contributed by atoms with van der Waals surface area (Å²) >= 11 is 0. The molecule has 0 aliphatic carbocycles. The Bertz CT molecular complexity index is 1290. The minimum atomic E-state index is -1.10. The Hall–Kier alpha value is -3.47. The van der Waals surface area contributed by atoms with Crippen LogP contribution in [0.5, 0.6) is 5.75 Å². The predicted molar refractivity (Wildman–Crippen MR) is 152 cm³/mol. The topological polar surface area (TPSA) is 121 Å². The number of carbonyl (C=O) groups is 3. The standard InChI is InChI=1S/C25H26N4O6.3ClH/c1-3-35-25(33)29-12-10-28(11-13-29)22-15-19(24(31)32)18-14-16(8-9-20(18)27-22)26-23(30)17-6-4-5-7-21(17)34-2;;;/h4-9,14-15H,3,10-13H2,1-2H3,(H,26,30)(H,31,32);3*1H. The Labute approximate surface area is 238 Å². The monoisotopic (exact) mass is 586 g/mol. The van der Waals surface area contributed by atoms with E-state index in [-0.39, 0.29) is 54.8 Å². The first-order valence-electron chi connectivity index (χ1n) is 11.2. The van der Waals surface area contributed by atoms with Crippen molar-refractivity contribution in [1.29, 1.82) is 0 Å². The summed E-state index contributed by atoms with van der Waals surface area (Å²) in [6.45, 7) is 3.99. The molecule has 0 spiro atoms. The second-order valence-electron chi connectivity index (χ2n) is 7.89. The van der Waals surface area contributed by atoms with Gasteiger partial charge in [-0.05, 0) is 43.3 Å². The van der Waals surface area contributed by atoms with Gasteiger partial charge in [0.25, 0.3) is 5.91 Å². The van der Waals surface area contributed by atoms with Crippen molar-refractivity contribution in [2.75, 3.05) is 50.1 Å². The number of hydrogen-bond acceptors (Lipinski definition) is 7. The smallest absolute Gasteiger partial charge is 0.409 e. The molecule has 0 unspecified atom stereocenters. The molecule has 1 saturated heterocycles. The molecule has 38 heavy (non-hydrogen) atoms. The maximum atomic E-state index is 12.8. The normalized spacial score (nSPS) is 12.4. The molecule has 2 aromatic carbocycles. The van der Waals surface area contributed by atoms with E-state index in [1.807, 2.05) is 4.90 Å². The number of carbonyl (C=O) groups excluding carboxylic acids is 2.